The number of nitrogens with zero attached hydrogens (tertiary/aromatic N) is 1. The fourth-order valence-electron chi connectivity index (χ4n) is 1.46. The van der Waals surface area contributed by atoms with E-state index in [0.29, 0.717) is 6.54 Å². The highest BCUT2D eigenvalue weighted by Crippen LogP contribution is 2.22. The Morgan fingerprint density at radius 1 is 1.35 bits per heavy atom. The van der Waals surface area contributed by atoms with Gasteiger partial charge < -0.3 is 14.5 Å². The molecule has 0 amide bonds. The Balaban J connectivity index is 2.04. The number of pyridine rings is 1. The summed E-state index contributed by atoms with van der Waals surface area (Å²) in [6, 6.07) is 7.53. The van der Waals surface area contributed by atoms with Crippen molar-refractivity contribution in [2.45, 2.75) is 26.5 Å². The lowest BCUT2D eigenvalue weighted by atomic mass is 10.4. The monoisotopic (exact) mass is 232 g/mol. The van der Waals surface area contributed by atoms with E-state index in [-0.39, 0.29) is 6.10 Å². The molecule has 0 aliphatic rings. The molecule has 0 saturated carbocycles. The first kappa shape index (κ1) is 11.5. The number of aromatic nitrogens is 1. The molecule has 0 fully saturated rings. The summed E-state index contributed by atoms with van der Waals surface area (Å²) < 4.78 is 10.9. The van der Waals surface area contributed by atoms with Crippen molar-refractivity contribution in [3.8, 4) is 5.75 Å². The van der Waals surface area contributed by atoms with E-state index < -0.39 is 0 Å². The van der Waals surface area contributed by atoms with Crippen molar-refractivity contribution >= 4 is 5.82 Å². The lowest BCUT2D eigenvalue weighted by molar-refractivity contribution is 0.243. The van der Waals surface area contributed by atoms with Gasteiger partial charge in [-0.05, 0) is 38.1 Å². The molecule has 0 aliphatic carbocycles. The van der Waals surface area contributed by atoms with E-state index in [2.05, 4.69) is 10.3 Å². The Kier molecular flexibility index (Phi) is 3.65. The van der Waals surface area contributed by atoms with Crippen LogP contribution in [-0.4, -0.2) is 11.1 Å². The second-order valence-electron chi connectivity index (χ2n) is 3.95. The van der Waals surface area contributed by atoms with E-state index in [1.54, 1.807) is 12.5 Å². The second-order valence-corrected chi connectivity index (χ2v) is 3.95. The summed E-state index contributed by atoms with van der Waals surface area (Å²) in [7, 11) is 0. The van der Waals surface area contributed by atoms with Crippen LogP contribution in [0.1, 0.15) is 19.6 Å². The molecule has 2 rings (SSSR count). The summed E-state index contributed by atoms with van der Waals surface area (Å²) in [5, 5.41) is 3.19. The zero-order chi connectivity index (χ0) is 12.1. The topological polar surface area (TPSA) is 47.3 Å². The van der Waals surface area contributed by atoms with E-state index in [1.165, 1.54) is 0 Å². The van der Waals surface area contributed by atoms with Crippen molar-refractivity contribution in [2.75, 3.05) is 5.32 Å². The maximum Gasteiger partial charge on any atom is 0.169 e. The highest BCUT2D eigenvalue weighted by atomic mass is 16.5. The molecule has 0 saturated heterocycles. The van der Waals surface area contributed by atoms with Crippen molar-refractivity contribution in [2.24, 2.45) is 0 Å². The van der Waals surface area contributed by atoms with Gasteiger partial charge in [-0.2, -0.15) is 0 Å². The average Bonchev–Trinajstić information content (AvgIpc) is 2.80. The molecular weight excluding hydrogens is 216 g/mol. The predicted octanol–water partition coefficient (Wildman–Crippen LogP) is 3.07. The van der Waals surface area contributed by atoms with Crippen LogP contribution in [0.25, 0.3) is 0 Å². The second kappa shape index (κ2) is 5.39. The van der Waals surface area contributed by atoms with Crippen LogP contribution in [0.4, 0.5) is 5.82 Å². The predicted molar refractivity (Wildman–Crippen MR) is 66.0 cm³/mol. The van der Waals surface area contributed by atoms with E-state index >= 15 is 0 Å². The Bertz CT molecular complexity index is 452. The number of hydrogen-bond donors (Lipinski definition) is 1. The third kappa shape index (κ3) is 3.24. The van der Waals surface area contributed by atoms with E-state index in [9.17, 15) is 0 Å². The first-order valence-corrected chi connectivity index (χ1v) is 5.63. The Hall–Kier alpha value is -1.97. The molecule has 0 unspecified atom stereocenters. The largest absolute Gasteiger partial charge is 0.487 e. The molecule has 0 bridgehead atoms. The fourth-order valence-corrected chi connectivity index (χ4v) is 1.46. The molecule has 0 radical (unpaired) electrons. The third-order valence-electron chi connectivity index (χ3n) is 2.14. The molecule has 2 aromatic heterocycles. The Morgan fingerprint density at radius 3 is 2.94 bits per heavy atom. The number of rotatable bonds is 5. The highest BCUT2D eigenvalue weighted by molar-refractivity contribution is 5.49. The Labute approximate surface area is 101 Å². The number of nitrogens with one attached hydrogen (secondary N) is 1. The molecule has 90 valence electrons. The van der Waals surface area contributed by atoms with Crippen molar-refractivity contribution in [3.05, 3.63) is 42.5 Å². The van der Waals surface area contributed by atoms with Crippen molar-refractivity contribution in [3.63, 3.8) is 0 Å². The molecular formula is C13H16N2O2. The molecule has 0 atom stereocenters. The van der Waals surface area contributed by atoms with Crippen LogP contribution >= 0.6 is 0 Å². The van der Waals surface area contributed by atoms with E-state index in [4.69, 9.17) is 9.15 Å². The van der Waals surface area contributed by atoms with Gasteiger partial charge in [0.05, 0.1) is 18.9 Å². The molecule has 4 nitrogen and oxygen atoms in total. The quantitative estimate of drug-likeness (QED) is 0.860. The van der Waals surface area contributed by atoms with Gasteiger partial charge in [-0.1, -0.05) is 0 Å². The van der Waals surface area contributed by atoms with Crippen LogP contribution < -0.4 is 10.1 Å². The van der Waals surface area contributed by atoms with Crippen LogP contribution in [0.15, 0.2) is 41.1 Å². The minimum absolute atomic E-state index is 0.128. The van der Waals surface area contributed by atoms with Gasteiger partial charge in [-0.15, -0.1) is 0 Å². The van der Waals surface area contributed by atoms with Crippen LogP contribution in [0.3, 0.4) is 0 Å². The smallest absolute Gasteiger partial charge is 0.169 e. The third-order valence-corrected chi connectivity index (χ3v) is 2.14. The maximum atomic E-state index is 5.66. The van der Waals surface area contributed by atoms with Gasteiger partial charge in [-0.25, -0.2) is 4.98 Å². The lowest BCUT2D eigenvalue weighted by Gasteiger charge is -2.13. The first-order chi connectivity index (χ1) is 8.25. The first-order valence-electron chi connectivity index (χ1n) is 5.63. The summed E-state index contributed by atoms with van der Waals surface area (Å²) in [6.07, 6.45) is 3.52. The van der Waals surface area contributed by atoms with Crippen LogP contribution in [0.2, 0.25) is 0 Å². The summed E-state index contributed by atoms with van der Waals surface area (Å²) in [5.41, 5.74) is 0. The van der Waals surface area contributed by atoms with Gasteiger partial charge in [0.25, 0.3) is 0 Å². The number of anilines is 1. The van der Waals surface area contributed by atoms with Crippen molar-refractivity contribution < 1.29 is 9.15 Å². The van der Waals surface area contributed by atoms with Crippen molar-refractivity contribution in [1.82, 2.24) is 4.98 Å². The van der Waals surface area contributed by atoms with Crippen LogP contribution in [0, 0.1) is 0 Å². The van der Waals surface area contributed by atoms with E-state index in [1.807, 2.05) is 38.1 Å². The molecule has 0 aliphatic heterocycles. The SMILES string of the molecule is CC(C)Oc1cccnc1NCc1ccco1. The van der Waals surface area contributed by atoms with Gasteiger partial charge in [0.15, 0.2) is 11.6 Å². The summed E-state index contributed by atoms with van der Waals surface area (Å²) in [6.45, 7) is 4.57. The molecule has 17 heavy (non-hydrogen) atoms. The normalized spacial score (nSPS) is 10.5. The average molecular weight is 232 g/mol. The number of ether oxygens (including phenoxy) is 1. The van der Waals surface area contributed by atoms with Crippen LogP contribution in [-0.2, 0) is 6.54 Å². The van der Waals surface area contributed by atoms with Gasteiger partial charge in [0, 0.05) is 6.20 Å². The molecule has 0 spiro atoms. The Morgan fingerprint density at radius 2 is 2.24 bits per heavy atom. The van der Waals surface area contributed by atoms with Gasteiger partial charge in [-0.3, -0.25) is 0 Å². The molecule has 1 N–H and O–H groups in total. The number of furan rings is 1. The van der Waals surface area contributed by atoms with Gasteiger partial charge in [0.2, 0.25) is 0 Å². The summed E-state index contributed by atoms with van der Waals surface area (Å²) in [4.78, 5) is 4.25. The minimum atomic E-state index is 0.128. The standard InChI is InChI=1S/C13H16N2O2/c1-10(2)17-12-6-3-7-14-13(12)15-9-11-5-4-8-16-11/h3-8,10H,9H2,1-2H3,(H,14,15). The minimum Gasteiger partial charge on any atom is -0.487 e. The molecule has 2 heterocycles. The fraction of sp³-hybridized carbons (Fsp3) is 0.308. The molecule has 2 aromatic rings. The lowest BCUT2D eigenvalue weighted by Crippen LogP contribution is -2.09. The molecule has 0 aromatic carbocycles. The summed E-state index contributed by atoms with van der Waals surface area (Å²) in [5.74, 6) is 2.36. The van der Waals surface area contributed by atoms with Crippen molar-refractivity contribution in [1.29, 1.82) is 0 Å². The highest BCUT2D eigenvalue weighted by Gasteiger charge is 2.06. The van der Waals surface area contributed by atoms with E-state index in [0.717, 1.165) is 17.3 Å². The zero-order valence-electron chi connectivity index (χ0n) is 10.0. The van der Waals surface area contributed by atoms with Gasteiger partial charge in [0.1, 0.15) is 5.76 Å². The number of hydrogen-bond acceptors (Lipinski definition) is 4. The molecule has 4 heteroatoms. The maximum absolute atomic E-state index is 5.66. The van der Waals surface area contributed by atoms with Gasteiger partial charge >= 0.3 is 0 Å². The summed E-state index contributed by atoms with van der Waals surface area (Å²) >= 11 is 0. The van der Waals surface area contributed by atoms with Crippen LogP contribution in [0.5, 0.6) is 5.75 Å². The zero-order valence-corrected chi connectivity index (χ0v) is 10.0.